The molecule has 0 aromatic carbocycles. The fraction of sp³-hybridized carbons (Fsp3) is 0.818. The van der Waals surface area contributed by atoms with Gasteiger partial charge in [0, 0.05) is 6.54 Å². The van der Waals surface area contributed by atoms with Crippen molar-refractivity contribution in [3.05, 3.63) is 0 Å². The van der Waals surface area contributed by atoms with Crippen LogP contribution in [-0.2, 0) is 14.3 Å². The van der Waals surface area contributed by atoms with Crippen LogP contribution >= 0.6 is 0 Å². The molecule has 0 spiro atoms. The van der Waals surface area contributed by atoms with Crippen molar-refractivity contribution in [2.24, 2.45) is 5.41 Å². The lowest BCUT2D eigenvalue weighted by molar-refractivity contribution is -0.160. The van der Waals surface area contributed by atoms with E-state index < -0.39 is 0 Å². The summed E-state index contributed by atoms with van der Waals surface area (Å²) in [6, 6.07) is 0. The third-order valence-corrected chi connectivity index (χ3v) is 3.40. The molecule has 0 bridgehead atoms. The van der Waals surface area contributed by atoms with Gasteiger partial charge in [-0.05, 0) is 31.3 Å². The molecule has 0 aromatic heterocycles. The van der Waals surface area contributed by atoms with E-state index in [0.29, 0.717) is 6.54 Å². The fourth-order valence-corrected chi connectivity index (χ4v) is 2.27. The van der Waals surface area contributed by atoms with Gasteiger partial charge in [-0.3, -0.25) is 14.5 Å². The highest BCUT2D eigenvalue weighted by molar-refractivity contribution is 5.98. The van der Waals surface area contributed by atoms with Gasteiger partial charge in [-0.1, -0.05) is 6.92 Å². The summed E-state index contributed by atoms with van der Waals surface area (Å²) in [6.45, 7) is 4.69. The largest absolute Gasteiger partial charge is 0.362 e. The molecule has 0 atom stereocenters. The smallest absolute Gasteiger partial charge is 0.255 e. The zero-order chi connectivity index (χ0) is 11.6. The van der Waals surface area contributed by atoms with Crippen LogP contribution in [0.25, 0.3) is 0 Å². The molecule has 2 fully saturated rings. The van der Waals surface area contributed by atoms with E-state index in [9.17, 15) is 9.59 Å². The molecular formula is C11H18N2O3. The number of ether oxygens (including phenoxy) is 1. The fourth-order valence-electron chi connectivity index (χ4n) is 2.27. The summed E-state index contributed by atoms with van der Waals surface area (Å²) in [7, 11) is 0. The number of hydrogen-bond donors (Lipinski definition) is 1. The first-order valence-corrected chi connectivity index (χ1v) is 5.72. The van der Waals surface area contributed by atoms with E-state index in [1.807, 2.05) is 0 Å². The normalized spacial score (nSPS) is 25.9. The Hall–Kier alpha value is -0.940. The van der Waals surface area contributed by atoms with Crippen LogP contribution in [0.1, 0.15) is 19.8 Å². The molecule has 2 aliphatic rings. The van der Waals surface area contributed by atoms with Gasteiger partial charge < -0.3 is 10.1 Å². The monoisotopic (exact) mass is 226 g/mol. The molecule has 2 heterocycles. The molecule has 0 radical (unpaired) electrons. The Kier molecular flexibility index (Phi) is 3.25. The maximum atomic E-state index is 11.6. The van der Waals surface area contributed by atoms with Gasteiger partial charge in [0.1, 0.15) is 13.2 Å². The average Bonchev–Trinajstić information content (AvgIpc) is 2.25. The van der Waals surface area contributed by atoms with E-state index in [0.717, 1.165) is 25.9 Å². The lowest BCUT2D eigenvalue weighted by Gasteiger charge is -2.38. The van der Waals surface area contributed by atoms with Crippen molar-refractivity contribution in [1.29, 1.82) is 0 Å². The van der Waals surface area contributed by atoms with Gasteiger partial charge in [-0.15, -0.1) is 0 Å². The SMILES string of the molecule is CC1(CN2C(=O)COCC2=O)CCNCC1. The third kappa shape index (κ3) is 2.41. The lowest BCUT2D eigenvalue weighted by Crippen LogP contribution is -2.52. The molecule has 0 aliphatic carbocycles. The summed E-state index contributed by atoms with van der Waals surface area (Å²) >= 11 is 0. The van der Waals surface area contributed by atoms with Crippen LogP contribution in [0.4, 0.5) is 0 Å². The second kappa shape index (κ2) is 4.51. The molecule has 0 unspecified atom stereocenters. The molecule has 0 aromatic rings. The highest BCUT2D eigenvalue weighted by Crippen LogP contribution is 2.29. The van der Waals surface area contributed by atoms with Crippen LogP contribution in [0.2, 0.25) is 0 Å². The van der Waals surface area contributed by atoms with Gasteiger partial charge in [0.15, 0.2) is 0 Å². The number of piperidine rings is 1. The Morgan fingerprint density at radius 2 is 1.81 bits per heavy atom. The second-order valence-corrected chi connectivity index (χ2v) is 4.93. The standard InChI is InChI=1S/C11H18N2O3/c1-11(2-4-12-5-3-11)8-13-9(14)6-16-7-10(13)15/h12H,2-8H2,1H3. The van der Waals surface area contributed by atoms with Crippen LogP contribution in [0.3, 0.4) is 0 Å². The zero-order valence-electron chi connectivity index (χ0n) is 9.62. The number of nitrogens with one attached hydrogen (secondary N) is 1. The average molecular weight is 226 g/mol. The summed E-state index contributed by atoms with van der Waals surface area (Å²) in [5.74, 6) is -0.396. The topological polar surface area (TPSA) is 58.6 Å². The quantitative estimate of drug-likeness (QED) is 0.660. The van der Waals surface area contributed by atoms with E-state index in [2.05, 4.69) is 12.2 Å². The molecule has 2 amide bonds. The minimum absolute atomic E-state index is 0.0417. The van der Waals surface area contributed by atoms with Gasteiger partial charge in [-0.2, -0.15) is 0 Å². The van der Waals surface area contributed by atoms with E-state index in [-0.39, 0.29) is 30.4 Å². The van der Waals surface area contributed by atoms with Crippen LogP contribution in [0.5, 0.6) is 0 Å². The highest BCUT2D eigenvalue weighted by atomic mass is 16.5. The number of nitrogens with zero attached hydrogens (tertiary/aromatic N) is 1. The molecule has 2 aliphatic heterocycles. The van der Waals surface area contributed by atoms with E-state index in [1.54, 1.807) is 0 Å². The molecular weight excluding hydrogens is 208 g/mol. The number of hydrogen-bond acceptors (Lipinski definition) is 4. The minimum atomic E-state index is -0.198. The van der Waals surface area contributed by atoms with Crippen LogP contribution in [0, 0.1) is 5.41 Å². The first kappa shape index (κ1) is 11.5. The van der Waals surface area contributed by atoms with Crippen molar-refractivity contribution in [2.45, 2.75) is 19.8 Å². The summed E-state index contributed by atoms with van der Waals surface area (Å²) in [6.07, 6.45) is 2.01. The van der Waals surface area contributed by atoms with E-state index >= 15 is 0 Å². The minimum Gasteiger partial charge on any atom is -0.362 e. The van der Waals surface area contributed by atoms with Crippen LogP contribution in [0.15, 0.2) is 0 Å². The van der Waals surface area contributed by atoms with Gasteiger partial charge in [-0.25, -0.2) is 0 Å². The van der Waals surface area contributed by atoms with Crippen molar-refractivity contribution in [1.82, 2.24) is 10.2 Å². The number of imide groups is 1. The Labute approximate surface area is 95.1 Å². The Morgan fingerprint density at radius 1 is 1.25 bits per heavy atom. The molecule has 2 rings (SSSR count). The Bertz CT molecular complexity index is 282. The van der Waals surface area contributed by atoms with E-state index in [4.69, 9.17) is 4.74 Å². The Balaban J connectivity index is 2.01. The van der Waals surface area contributed by atoms with Crippen molar-refractivity contribution in [3.63, 3.8) is 0 Å². The van der Waals surface area contributed by atoms with Crippen molar-refractivity contribution in [2.75, 3.05) is 32.8 Å². The van der Waals surface area contributed by atoms with E-state index in [1.165, 1.54) is 4.90 Å². The molecule has 1 N–H and O–H groups in total. The van der Waals surface area contributed by atoms with Gasteiger partial charge in [0.05, 0.1) is 0 Å². The molecule has 0 saturated carbocycles. The number of carbonyl (C=O) groups is 2. The van der Waals surface area contributed by atoms with Crippen molar-refractivity contribution >= 4 is 11.8 Å². The van der Waals surface area contributed by atoms with Crippen molar-refractivity contribution < 1.29 is 14.3 Å². The third-order valence-electron chi connectivity index (χ3n) is 3.40. The van der Waals surface area contributed by atoms with Gasteiger partial charge >= 0.3 is 0 Å². The predicted molar refractivity (Wildman–Crippen MR) is 57.7 cm³/mol. The molecule has 2 saturated heterocycles. The summed E-state index contributed by atoms with van der Waals surface area (Å²) in [5, 5.41) is 3.29. The van der Waals surface area contributed by atoms with Gasteiger partial charge in [0.2, 0.25) is 0 Å². The van der Waals surface area contributed by atoms with Crippen LogP contribution < -0.4 is 5.32 Å². The summed E-state index contributed by atoms with van der Waals surface area (Å²) in [5.41, 5.74) is 0.0634. The first-order valence-electron chi connectivity index (χ1n) is 5.72. The van der Waals surface area contributed by atoms with Crippen LogP contribution in [-0.4, -0.2) is 49.6 Å². The predicted octanol–water partition coefficient (Wildman–Crippen LogP) is -0.238. The molecule has 5 nitrogen and oxygen atoms in total. The summed E-state index contributed by atoms with van der Waals surface area (Å²) < 4.78 is 4.89. The number of carbonyl (C=O) groups excluding carboxylic acids is 2. The summed E-state index contributed by atoms with van der Waals surface area (Å²) in [4.78, 5) is 24.5. The van der Waals surface area contributed by atoms with Crippen molar-refractivity contribution in [3.8, 4) is 0 Å². The number of morpholine rings is 1. The number of rotatable bonds is 2. The highest BCUT2D eigenvalue weighted by Gasteiger charge is 2.35. The number of amides is 2. The zero-order valence-corrected chi connectivity index (χ0v) is 9.62. The second-order valence-electron chi connectivity index (χ2n) is 4.93. The Morgan fingerprint density at radius 3 is 2.38 bits per heavy atom. The maximum absolute atomic E-state index is 11.6. The maximum Gasteiger partial charge on any atom is 0.255 e. The molecule has 5 heteroatoms. The molecule has 90 valence electrons. The lowest BCUT2D eigenvalue weighted by atomic mass is 9.80. The van der Waals surface area contributed by atoms with Gasteiger partial charge in [0.25, 0.3) is 11.8 Å². The first-order chi connectivity index (χ1) is 7.61. The molecule has 16 heavy (non-hydrogen) atoms.